The molecule has 3 rings (SSSR count). The van der Waals surface area contributed by atoms with Crippen LogP contribution < -0.4 is 20.1 Å². The van der Waals surface area contributed by atoms with Gasteiger partial charge in [0.25, 0.3) is 5.91 Å². The normalized spacial score (nSPS) is 10.3. The van der Waals surface area contributed by atoms with Gasteiger partial charge < -0.3 is 20.1 Å². The zero-order valence-electron chi connectivity index (χ0n) is 16.2. The van der Waals surface area contributed by atoms with Crippen LogP contribution in [-0.4, -0.2) is 31.7 Å². The largest absolute Gasteiger partial charge is 0.493 e. The SMILES string of the molecule is COc1ccc(CCNc2ccc(C(=O)Nc3cccc(F)c3)cn2)cc1OC. The van der Waals surface area contributed by atoms with Crippen LogP contribution in [0.25, 0.3) is 0 Å². The standard InChI is InChI=1S/C22H22FN3O3/c1-28-19-8-6-15(12-20(19)29-2)10-11-24-21-9-7-16(14-25-21)22(27)26-18-5-3-4-17(23)13-18/h3-9,12-14H,10-11H2,1-2H3,(H,24,25)(H,26,27). The summed E-state index contributed by atoms with van der Waals surface area (Å²) >= 11 is 0. The zero-order valence-corrected chi connectivity index (χ0v) is 16.2. The average molecular weight is 395 g/mol. The maximum absolute atomic E-state index is 13.2. The lowest BCUT2D eigenvalue weighted by molar-refractivity contribution is 0.102. The fourth-order valence-electron chi connectivity index (χ4n) is 2.77. The number of rotatable bonds is 8. The lowest BCUT2D eigenvalue weighted by Gasteiger charge is -2.10. The van der Waals surface area contributed by atoms with Crippen LogP contribution in [0.15, 0.2) is 60.8 Å². The number of anilines is 2. The maximum atomic E-state index is 13.2. The number of aromatic nitrogens is 1. The highest BCUT2D eigenvalue weighted by molar-refractivity contribution is 6.04. The van der Waals surface area contributed by atoms with E-state index in [9.17, 15) is 9.18 Å². The van der Waals surface area contributed by atoms with Crippen molar-refractivity contribution in [2.45, 2.75) is 6.42 Å². The Morgan fingerprint density at radius 2 is 1.86 bits per heavy atom. The van der Waals surface area contributed by atoms with E-state index in [1.807, 2.05) is 18.2 Å². The first-order valence-electron chi connectivity index (χ1n) is 9.07. The summed E-state index contributed by atoms with van der Waals surface area (Å²) in [6, 6.07) is 14.9. The molecule has 0 spiro atoms. The molecule has 0 aliphatic heterocycles. The lowest BCUT2D eigenvalue weighted by Crippen LogP contribution is -2.13. The number of nitrogens with one attached hydrogen (secondary N) is 2. The summed E-state index contributed by atoms with van der Waals surface area (Å²) in [6.45, 7) is 0.664. The van der Waals surface area contributed by atoms with Crippen molar-refractivity contribution >= 4 is 17.4 Å². The third kappa shape index (κ3) is 5.44. The molecule has 0 saturated carbocycles. The first-order valence-corrected chi connectivity index (χ1v) is 9.07. The second-order valence-corrected chi connectivity index (χ2v) is 6.26. The molecule has 0 aliphatic rings. The van der Waals surface area contributed by atoms with Gasteiger partial charge >= 0.3 is 0 Å². The van der Waals surface area contributed by atoms with Crippen LogP contribution in [0.1, 0.15) is 15.9 Å². The van der Waals surface area contributed by atoms with E-state index < -0.39 is 5.82 Å². The Morgan fingerprint density at radius 3 is 2.55 bits per heavy atom. The zero-order chi connectivity index (χ0) is 20.6. The van der Waals surface area contributed by atoms with E-state index in [2.05, 4.69) is 15.6 Å². The van der Waals surface area contributed by atoms with Gasteiger partial charge in [-0.2, -0.15) is 0 Å². The van der Waals surface area contributed by atoms with E-state index in [4.69, 9.17) is 9.47 Å². The Kier molecular flexibility index (Phi) is 6.63. The van der Waals surface area contributed by atoms with Gasteiger partial charge in [-0.25, -0.2) is 9.37 Å². The van der Waals surface area contributed by atoms with Crippen LogP contribution in [0, 0.1) is 5.82 Å². The number of ether oxygens (including phenoxy) is 2. The molecule has 0 fully saturated rings. The van der Waals surface area contributed by atoms with Crippen molar-refractivity contribution in [3.8, 4) is 11.5 Å². The van der Waals surface area contributed by atoms with Gasteiger partial charge in [-0.1, -0.05) is 12.1 Å². The minimum absolute atomic E-state index is 0.347. The van der Waals surface area contributed by atoms with Crippen LogP contribution in [0.4, 0.5) is 15.9 Å². The van der Waals surface area contributed by atoms with Crippen molar-refractivity contribution in [2.24, 2.45) is 0 Å². The number of hydrogen-bond acceptors (Lipinski definition) is 5. The van der Waals surface area contributed by atoms with Crippen LogP contribution >= 0.6 is 0 Å². The van der Waals surface area contributed by atoms with E-state index in [0.29, 0.717) is 35.1 Å². The first-order chi connectivity index (χ1) is 14.1. The number of benzene rings is 2. The number of nitrogens with zero attached hydrogens (tertiary/aromatic N) is 1. The molecule has 2 aromatic carbocycles. The molecule has 0 unspecified atom stereocenters. The molecule has 150 valence electrons. The molecule has 29 heavy (non-hydrogen) atoms. The molecule has 2 N–H and O–H groups in total. The average Bonchev–Trinajstić information content (AvgIpc) is 2.74. The summed E-state index contributed by atoms with van der Waals surface area (Å²) in [5.74, 6) is 1.29. The van der Waals surface area contributed by atoms with Crippen molar-refractivity contribution in [1.82, 2.24) is 4.98 Å². The molecule has 1 amide bonds. The lowest BCUT2D eigenvalue weighted by atomic mass is 10.1. The number of methoxy groups -OCH3 is 2. The Bertz CT molecular complexity index is 977. The van der Waals surface area contributed by atoms with Crippen LogP contribution in [0.2, 0.25) is 0 Å². The predicted molar refractivity (Wildman–Crippen MR) is 110 cm³/mol. The third-order valence-electron chi connectivity index (χ3n) is 4.28. The summed E-state index contributed by atoms with van der Waals surface area (Å²) in [7, 11) is 3.21. The second kappa shape index (κ2) is 9.54. The second-order valence-electron chi connectivity index (χ2n) is 6.26. The van der Waals surface area contributed by atoms with E-state index >= 15 is 0 Å². The fourth-order valence-corrected chi connectivity index (χ4v) is 2.77. The molecule has 0 saturated heterocycles. The van der Waals surface area contributed by atoms with E-state index in [-0.39, 0.29) is 5.91 Å². The molecular formula is C22H22FN3O3. The molecule has 7 heteroatoms. The number of carbonyl (C=O) groups is 1. The molecule has 0 radical (unpaired) electrons. The van der Waals surface area contributed by atoms with E-state index in [1.165, 1.54) is 24.4 Å². The minimum atomic E-state index is -0.407. The van der Waals surface area contributed by atoms with E-state index in [1.54, 1.807) is 32.4 Å². The van der Waals surface area contributed by atoms with Crippen molar-refractivity contribution in [3.05, 3.63) is 77.7 Å². The molecule has 6 nitrogen and oxygen atoms in total. The van der Waals surface area contributed by atoms with Gasteiger partial charge in [0, 0.05) is 18.4 Å². The molecule has 1 aromatic heterocycles. The summed E-state index contributed by atoms with van der Waals surface area (Å²) in [6.07, 6.45) is 2.25. The molecule has 0 atom stereocenters. The maximum Gasteiger partial charge on any atom is 0.257 e. The predicted octanol–water partition coefficient (Wildman–Crippen LogP) is 4.14. The van der Waals surface area contributed by atoms with E-state index in [0.717, 1.165) is 12.0 Å². The van der Waals surface area contributed by atoms with Crippen LogP contribution in [-0.2, 0) is 6.42 Å². The Labute approximate surface area is 168 Å². The highest BCUT2D eigenvalue weighted by Gasteiger charge is 2.08. The summed E-state index contributed by atoms with van der Waals surface area (Å²) in [4.78, 5) is 16.5. The molecule has 0 bridgehead atoms. The quantitative estimate of drug-likeness (QED) is 0.600. The van der Waals surface area contributed by atoms with Gasteiger partial charge in [-0.3, -0.25) is 4.79 Å². The highest BCUT2D eigenvalue weighted by Crippen LogP contribution is 2.27. The monoisotopic (exact) mass is 395 g/mol. The van der Waals surface area contributed by atoms with Crippen molar-refractivity contribution < 1.29 is 18.7 Å². The Hall–Kier alpha value is -3.61. The van der Waals surface area contributed by atoms with Gasteiger partial charge in [-0.05, 0) is 54.4 Å². The third-order valence-corrected chi connectivity index (χ3v) is 4.28. The number of carbonyl (C=O) groups excluding carboxylic acids is 1. The summed E-state index contributed by atoms with van der Waals surface area (Å²) in [5.41, 5.74) is 1.88. The Balaban J connectivity index is 1.53. The van der Waals surface area contributed by atoms with Crippen LogP contribution in [0.3, 0.4) is 0 Å². The summed E-state index contributed by atoms with van der Waals surface area (Å²) in [5, 5.41) is 5.86. The molecule has 3 aromatic rings. The minimum Gasteiger partial charge on any atom is -0.493 e. The Morgan fingerprint density at radius 1 is 1.03 bits per heavy atom. The molecule has 0 aliphatic carbocycles. The van der Waals surface area contributed by atoms with Gasteiger partial charge in [0.1, 0.15) is 11.6 Å². The fraction of sp³-hybridized carbons (Fsp3) is 0.182. The number of amides is 1. The summed E-state index contributed by atoms with van der Waals surface area (Å²) < 4.78 is 23.8. The van der Waals surface area contributed by atoms with Gasteiger partial charge in [0.05, 0.1) is 19.8 Å². The first kappa shape index (κ1) is 20.1. The van der Waals surface area contributed by atoms with Crippen molar-refractivity contribution in [3.63, 3.8) is 0 Å². The smallest absolute Gasteiger partial charge is 0.257 e. The number of halogens is 1. The number of pyridine rings is 1. The van der Waals surface area contributed by atoms with Gasteiger partial charge in [-0.15, -0.1) is 0 Å². The molecular weight excluding hydrogens is 373 g/mol. The van der Waals surface area contributed by atoms with Gasteiger partial charge in [0.15, 0.2) is 11.5 Å². The highest BCUT2D eigenvalue weighted by atomic mass is 19.1. The van der Waals surface area contributed by atoms with Crippen LogP contribution in [0.5, 0.6) is 11.5 Å². The van der Waals surface area contributed by atoms with Crippen molar-refractivity contribution in [2.75, 3.05) is 31.4 Å². The number of hydrogen-bond donors (Lipinski definition) is 2. The topological polar surface area (TPSA) is 72.5 Å². The molecule has 1 heterocycles. The van der Waals surface area contributed by atoms with Crippen molar-refractivity contribution in [1.29, 1.82) is 0 Å². The van der Waals surface area contributed by atoms with Gasteiger partial charge in [0.2, 0.25) is 0 Å².